The Balaban J connectivity index is 1.78. The molecule has 1 heterocycles. The Hall–Kier alpha value is -1.61. The van der Waals surface area contributed by atoms with Crippen LogP contribution in [0.2, 0.25) is 0 Å². The number of ether oxygens (including phenoxy) is 1. The summed E-state index contributed by atoms with van der Waals surface area (Å²) in [5, 5.41) is 0. The van der Waals surface area contributed by atoms with Gasteiger partial charge in [0.1, 0.15) is 0 Å². The van der Waals surface area contributed by atoms with Crippen molar-refractivity contribution in [2.45, 2.75) is 26.2 Å². The first-order chi connectivity index (χ1) is 7.84. The van der Waals surface area contributed by atoms with E-state index in [0.717, 1.165) is 6.54 Å². The predicted molar refractivity (Wildman–Crippen MR) is 62.9 cm³/mol. The quantitative estimate of drug-likeness (QED) is 0.767. The van der Waals surface area contributed by atoms with E-state index in [1.807, 2.05) is 35.3 Å². The lowest BCUT2D eigenvalue weighted by molar-refractivity contribution is 0.0418. The molecule has 3 nitrogen and oxygen atoms in total. The van der Waals surface area contributed by atoms with E-state index in [2.05, 4.69) is 24.0 Å². The minimum atomic E-state index is 0.189. The van der Waals surface area contributed by atoms with Gasteiger partial charge < -0.3 is 9.30 Å². The van der Waals surface area contributed by atoms with Crippen LogP contribution in [-0.2, 0) is 17.9 Å². The van der Waals surface area contributed by atoms with Crippen molar-refractivity contribution >= 4 is 0 Å². The van der Waals surface area contributed by atoms with Gasteiger partial charge in [-0.3, -0.25) is 0 Å². The van der Waals surface area contributed by atoms with E-state index < -0.39 is 0 Å². The second-order valence-corrected chi connectivity index (χ2v) is 3.87. The molecule has 0 aliphatic carbocycles. The molecule has 1 aromatic carbocycles. The normalized spacial score (nSPS) is 12.6. The number of hydrogen-bond acceptors (Lipinski definition) is 2. The maximum absolute atomic E-state index is 5.75. The van der Waals surface area contributed by atoms with E-state index in [4.69, 9.17) is 4.74 Å². The van der Waals surface area contributed by atoms with Gasteiger partial charge in [0.15, 0.2) is 0 Å². The first-order valence-electron chi connectivity index (χ1n) is 5.46. The second-order valence-electron chi connectivity index (χ2n) is 3.87. The number of nitrogens with zero attached hydrogens (tertiary/aromatic N) is 2. The lowest BCUT2D eigenvalue weighted by Crippen LogP contribution is -2.15. The average Bonchev–Trinajstić information content (AvgIpc) is 2.81. The van der Waals surface area contributed by atoms with Gasteiger partial charge in [0.2, 0.25) is 0 Å². The summed E-state index contributed by atoms with van der Waals surface area (Å²) < 4.78 is 7.78. The van der Waals surface area contributed by atoms with E-state index in [0.29, 0.717) is 6.61 Å². The molecule has 0 saturated carbocycles. The van der Waals surface area contributed by atoms with Gasteiger partial charge in [-0.1, -0.05) is 30.3 Å². The van der Waals surface area contributed by atoms with Crippen molar-refractivity contribution in [2.24, 2.45) is 0 Å². The van der Waals surface area contributed by atoms with Crippen molar-refractivity contribution < 1.29 is 4.74 Å². The Morgan fingerprint density at radius 2 is 2.12 bits per heavy atom. The summed E-state index contributed by atoms with van der Waals surface area (Å²) in [6.45, 7) is 3.58. The average molecular weight is 216 g/mol. The zero-order valence-electron chi connectivity index (χ0n) is 9.41. The predicted octanol–water partition coefficient (Wildman–Crippen LogP) is 2.49. The summed E-state index contributed by atoms with van der Waals surface area (Å²) in [5.41, 5.74) is 1.21. The van der Waals surface area contributed by atoms with Crippen LogP contribution in [0.1, 0.15) is 12.5 Å². The van der Waals surface area contributed by atoms with Crippen LogP contribution in [0.25, 0.3) is 0 Å². The maximum atomic E-state index is 5.75. The highest BCUT2D eigenvalue weighted by molar-refractivity contribution is 5.13. The first kappa shape index (κ1) is 10.9. The summed E-state index contributed by atoms with van der Waals surface area (Å²) in [4.78, 5) is 4.00. The lowest BCUT2D eigenvalue weighted by Gasteiger charge is -2.13. The third-order valence-electron chi connectivity index (χ3n) is 2.40. The molecule has 16 heavy (non-hydrogen) atoms. The van der Waals surface area contributed by atoms with Gasteiger partial charge in [-0.25, -0.2) is 4.98 Å². The molecule has 3 heteroatoms. The molecule has 0 amide bonds. The van der Waals surface area contributed by atoms with Crippen LogP contribution in [0.3, 0.4) is 0 Å². The SMILES string of the molecule is CC(Cn1ccnc1)OCc1ccccc1. The zero-order chi connectivity index (χ0) is 11.2. The fourth-order valence-corrected chi connectivity index (χ4v) is 1.56. The second kappa shape index (κ2) is 5.47. The fourth-order valence-electron chi connectivity index (χ4n) is 1.56. The molecule has 0 aliphatic heterocycles. The van der Waals surface area contributed by atoms with Gasteiger partial charge >= 0.3 is 0 Å². The van der Waals surface area contributed by atoms with Crippen LogP contribution >= 0.6 is 0 Å². The Morgan fingerprint density at radius 3 is 2.81 bits per heavy atom. The Kier molecular flexibility index (Phi) is 3.72. The van der Waals surface area contributed by atoms with Gasteiger partial charge in [0.05, 0.1) is 19.0 Å². The third-order valence-corrected chi connectivity index (χ3v) is 2.40. The molecule has 0 aliphatic rings. The molecule has 0 spiro atoms. The fraction of sp³-hybridized carbons (Fsp3) is 0.308. The molecule has 2 aromatic rings. The minimum absolute atomic E-state index is 0.189. The van der Waals surface area contributed by atoms with Gasteiger partial charge in [-0.15, -0.1) is 0 Å². The number of imidazole rings is 1. The van der Waals surface area contributed by atoms with Crippen LogP contribution in [0.5, 0.6) is 0 Å². The molecule has 0 fully saturated rings. The molecule has 1 atom stereocenters. The smallest absolute Gasteiger partial charge is 0.0946 e. The van der Waals surface area contributed by atoms with Crippen molar-refractivity contribution in [3.8, 4) is 0 Å². The number of hydrogen-bond donors (Lipinski definition) is 0. The highest BCUT2D eigenvalue weighted by Crippen LogP contribution is 2.04. The Bertz CT molecular complexity index is 397. The van der Waals surface area contributed by atoms with Gasteiger partial charge in [0, 0.05) is 18.9 Å². The highest BCUT2D eigenvalue weighted by atomic mass is 16.5. The molecular weight excluding hydrogens is 200 g/mol. The minimum Gasteiger partial charge on any atom is -0.372 e. The van der Waals surface area contributed by atoms with E-state index in [9.17, 15) is 0 Å². The number of rotatable bonds is 5. The molecule has 84 valence electrons. The summed E-state index contributed by atoms with van der Waals surface area (Å²) in [6.07, 6.45) is 5.73. The van der Waals surface area contributed by atoms with Crippen molar-refractivity contribution in [2.75, 3.05) is 0 Å². The molecule has 0 saturated heterocycles. The molecule has 0 bridgehead atoms. The third kappa shape index (κ3) is 3.21. The van der Waals surface area contributed by atoms with Crippen molar-refractivity contribution in [3.05, 3.63) is 54.6 Å². The summed E-state index contributed by atoms with van der Waals surface area (Å²) in [6, 6.07) is 10.2. The highest BCUT2D eigenvalue weighted by Gasteiger charge is 2.03. The van der Waals surface area contributed by atoms with Crippen LogP contribution in [0.15, 0.2) is 49.1 Å². The molecular formula is C13H16N2O. The van der Waals surface area contributed by atoms with Crippen LogP contribution in [0.4, 0.5) is 0 Å². The maximum Gasteiger partial charge on any atom is 0.0946 e. The molecule has 0 N–H and O–H groups in total. The number of aromatic nitrogens is 2. The topological polar surface area (TPSA) is 27.1 Å². The van der Waals surface area contributed by atoms with Crippen molar-refractivity contribution in [3.63, 3.8) is 0 Å². The lowest BCUT2D eigenvalue weighted by atomic mass is 10.2. The Labute approximate surface area is 95.7 Å². The summed E-state index contributed by atoms with van der Waals surface area (Å²) >= 11 is 0. The molecule has 1 aromatic heterocycles. The van der Waals surface area contributed by atoms with Crippen LogP contribution in [0, 0.1) is 0 Å². The molecule has 0 radical (unpaired) electrons. The molecule has 2 rings (SSSR count). The Morgan fingerprint density at radius 1 is 1.31 bits per heavy atom. The van der Waals surface area contributed by atoms with Gasteiger partial charge in [0.25, 0.3) is 0 Å². The van der Waals surface area contributed by atoms with E-state index >= 15 is 0 Å². The van der Waals surface area contributed by atoms with Gasteiger partial charge in [-0.05, 0) is 12.5 Å². The summed E-state index contributed by atoms with van der Waals surface area (Å²) in [5.74, 6) is 0. The number of benzene rings is 1. The van der Waals surface area contributed by atoms with Crippen LogP contribution < -0.4 is 0 Å². The standard InChI is InChI=1S/C13H16N2O/c1-12(9-15-8-7-14-11-15)16-10-13-5-3-2-4-6-13/h2-8,11-12H,9-10H2,1H3. The summed E-state index contributed by atoms with van der Waals surface area (Å²) in [7, 11) is 0. The molecule has 1 unspecified atom stereocenters. The monoisotopic (exact) mass is 216 g/mol. The largest absolute Gasteiger partial charge is 0.372 e. The van der Waals surface area contributed by atoms with Gasteiger partial charge in [-0.2, -0.15) is 0 Å². The van der Waals surface area contributed by atoms with Crippen molar-refractivity contribution in [1.82, 2.24) is 9.55 Å². The van der Waals surface area contributed by atoms with E-state index in [-0.39, 0.29) is 6.10 Å². The van der Waals surface area contributed by atoms with E-state index in [1.54, 1.807) is 6.20 Å². The van der Waals surface area contributed by atoms with E-state index in [1.165, 1.54) is 5.56 Å². The zero-order valence-corrected chi connectivity index (χ0v) is 9.41. The van der Waals surface area contributed by atoms with Crippen LogP contribution in [-0.4, -0.2) is 15.7 Å². The van der Waals surface area contributed by atoms with Crippen molar-refractivity contribution in [1.29, 1.82) is 0 Å². The first-order valence-corrected chi connectivity index (χ1v) is 5.46.